The van der Waals surface area contributed by atoms with Crippen molar-refractivity contribution in [2.24, 2.45) is 11.5 Å². The van der Waals surface area contributed by atoms with E-state index in [9.17, 15) is 28.8 Å². The summed E-state index contributed by atoms with van der Waals surface area (Å²) >= 11 is 1.51. The number of nitrogens with two attached hydrogens (primary N) is 2. The molecule has 13 nitrogen and oxygen atoms in total. The normalized spacial score (nSPS) is 14.6. The van der Waals surface area contributed by atoms with Crippen LogP contribution in [0, 0.1) is 0 Å². The average Bonchev–Trinajstić information content (AvgIpc) is 2.79. The number of ether oxygens (including phenoxy) is 2. The predicted molar refractivity (Wildman–Crippen MR) is 152 cm³/mol. The van der Waals surface area contributed by atoms with E-state index in [-0.39, 0.29) is 25.7 Å². The highest BCUT2D eigenvalue weighted by atomic mass is 32.2. The molecular formula is C26H47N5O8S. The van der Waals surface area contributed by atoms with Gasteiger partial charge in [-0.05, 0) is 79.7 Å². The number of carbonyl (C=O) groups excluding carboxylic acids is 6. The first-order valence-corrected chi connectivity index (χ1v) is 14.5. The van der Waals surface area contributed by atoms with E-state index in [1.54, 1.807) is 41.5 Å². The van der Waals surface area contributed by atoms with Crippen LogP contribution < -0.4 is 27.4 Å². The second kappa shape index (κ2) is 17.1. The molecule has 0 aromatic rings. The fraction of sp³-hybridized carbons (Fsp3) is 0.769. The zero-order chi connectivity index (χ0) is 31.3. The highest BCUT2D eigenvalue weighted by Crippen LogP contribution is 2.13. The minimum Gasteiger partial charge on any atom is -0.460 e. The summed E-state index contributed by atoms with van der Waals surface area (Å²) in [7, 11) is 0. The lowest BCUT2D eigenvalue weighted by Gasteiger charge is -2.26. The number of hydrogen-bond donors (Lipinski definition) is 5. The first-order valence-electron chi connectivity index (χ1n) is 13.1. The second-order valence-corrected chi connectivity index (χ2v) is 12.4. The molecule has 4 amide bonds. The summed E-state index contributed by atoms with van der Waals surface area (Å²) in [4.78, 5) is 74.9. The molecule has 40 heavy (non-hydrogen) atoms. The summed E-state index contributed by atoms with van der Waals surface area (Å²) in [5.41, 5.74) is 9.67. The summed E-state index contributed by atoms with van der Waals surface area (Å²) in [6.07, 6.45) is 1.48. The van der Waals surface area contributed by atoms with Crippen molar-refractivity contribution < 1.29 is 38.2 Å². The fourth-order valence-electron chi connectivity index (χ4n) is 3.16. The van der Waals surface area contributed by atoms with Gasteiger partial charge < -0.3 is 36.9 Å². The summed E-state index contributed by atoms with van der Waals surface area (Å²) in [6.45, 7) is 11.5. The number of nitrogens with one attached hydrogen (secondary N) is 3. The molecule has 0 aromatic carbocycles. The van der Waals surface area contributed by atoms with E-state index in [0.29, 0.717) is 12.2 Å². The molecule has 0 rings (SSSR count). The molecule has 0 aliphatic carbocycles. The predicted octanol–water partition coefficient (Wildman–Crippen LogP) is 0.270. The number of amides is 4. The molecule has 0 heterocycles. The van der Waals surface area contributed by atoms with Gasteiger partial charge in [-0.3, -0.25) is 28.8 Å². The lowest BCUT2D eigenvalue weighted by molar-refractivity contribution is -0.156. The van der Waals surface area contributed by atoms with Crippen molar-refractivity contribution in [2.75, 3.05) is 12.0 Å². The van der Waals surface area contributed by atoms with Crippen molar-refractivity contribution in [3.05, 3.63) is 0 Å². The molecule has 0 aromatic heterocycles. The monoisotopic (exact) mass is 589 g/mol. The van der Waals surface area contributed by atoms with Crippen LogP contribution in [-0.4, -0.2) is 82.9 Å². The molecule has 0 unspecified atom stereocenters. The third kappa shape index (κ3) is 17.0. The number of thioether (sulfide) groups is 1. The number of esters is 2. The molecule has 0 saturated carbocycles. The average molecular weight is 590 g/mol. The Morgan fingerprint density at radius 1 is 0.725 bits per heavy atom. The maximum Gasteiger partial charge on any atom is 0.306 e. The van der Waals surface area contributed by atoms with E-state index in [1.807, 2.05) is 6.26 Å². The summed E-state index contributed by atoms with van der Waals surface area (Å²) in [6, 6.07) is -4.48. The SMILES string of the molecule is CSCC[C@H](N)C(=O)N[C@@H](CCC(=O)OC(C)(C)C)C(=O)N[C@@H](CCC(=O)OC(C)(C)C)C(=O)N[C@@H](C)C(N)=O. The Morgan fingerprint density at radius 3 is 1.50 bits per heavy atom. The van der Waals surface area contributed by atoms with E-state index in [0.717, 1.165) is 0 Å². The summed E-state index contributed by atoms with van der Waals surface area (Å²) in [5.74, 6) is -3.52. The van der Waals surface area contributed by atoms with Crippen molar-refractivity contribution >= 4 is 47.3 Å². The van der Waals surface area contributed by atoms with Gasteiger partial charge in [0, 0.05) is 12.8 Å². The van der Waals surface area contributed by atoms with Crippen molar-refractivity contribution in [2.45, 2.75) is 116 Å². The van der Waals surface area contributed by atoms with Crippen LogP contribution in [0.15, 0.2) is 0 Å². The number of rotatable bonds is 16. The Balaban J connectivity index is 5.81. The third-order valence-corrected chi connectivity index (χ3v) is 5.78. The van der Waals surface area contributed by atoms with E-state index in [1.165, 1.54) is 18.7 Å². The minimum absolute atomic E-state index is 0.139. The maximum atomic E-state index is 13.3. The van der Waals surface area contributed by atoms with Crippen molar-refractivity contribution in [1.29, 1.82) is 0 Å². The fourth-order valence-corrected chi connectivity index (χ4v) is 3.65. The van der Waals surface area contributed by atoms with Crippen LogP contribution in [0.5, 0.6) is 0 Å². The van der Waals surface area contributed by atoms with Gasteiger partial charge in [0.25, 0.3) is 0 Å². The van der Waals surface area contributed by atoms with Gasteiger partial charge >= 0.3 is 11.9 Å². The molecule has 0 radical (unpaired) electrons. The van der Waals surface area contributed by atoms with Crippen LogP contribution in [0.1, 0.15) is 80.6 Å². The molecule has 230 valence electrons. The van der Waals surface area contributed by atoms with Gasteiger partial charge in [0.2, 0.25) is 23.6 Å². The zero-order valence-electron chi connectivity index (χ0n) is 24.9. The number of carbonyl (C=O) groups is 6. The standard InChI is InChI=1S/C26H47N5O8S/c1-15(21(28)34)29-23(36)17(9-11-19(32)38-25(2,3)4)31-24(37)18(10-12-20(33)39-26(5,6)7)30-22(35)16(27)13-14-40-8/h15-18H,9-14,27H2,1-8H3,(H2,28,34)(H,29,36)(H,30,35)(H,31,37)/t15-,16-,17-,18-/m0/s1. The number of primary amides is 1. The lowest BCUT2D eigenvalue weighted by atomic mass is 10.1. The van der Waals surface area contributed by atoms with Gasteiger partial charge in [-0.1, -0.05) is 0 Å². The molecule has 0 aliphatic heterocycles. The van der Waals surface area contributed by atoms with Gasteiger partial charge in [0.05, 0.1) is 6.04 Å². The minimum atomic E-state index is -1.28. The van der Waals surface area contributed by atoms with Crippen LogP contribution in [-0.2, 0) is 38.2 Å². The van der Waals surface area contributed by atoms with E-state index in [4.69, 9.17) is 20.9 Å². The van der Waals surface area contributed by atoms with Crippen LogP contribution in [0.3, 0.4) is 0 Å². The Hall–Kier alpha value is -2.87. The third-order valence-electron chi connectivity index (χ3n) is 5.14. The van der Waals surface area contributed by atoms with Crippen molar-refractivity contribution in [1.82, 2.24) is 16.0 Å². The Kier molecular flexibility index (Phi) is 15.8. The molecule has 0 bridgehead atoms. The van der Waals surface area contributed by atoms with Gasteiger partial charge in [-0.25, -0.2) is 0 Å². The van der Waals surface area contributed by atoms with Crippen LogP contribution in [0.4, 0.5) is 0 Å². The maximum absolute atomic E-state index is 13.3. The lowest BCUT2D eigenvalue weighted by Crippen LogP contribution is -2.57. The number of hydrogen-bond acceptors (Lipinski definition) is 10. The highest BCUT2D eigenvalue weighted by Gasteiger charge is 2.31. The van der Waals surface area contributed by atoms with Crippen LogP contribution in [0.2, 0.25) is 0 Å². The molecule has 0 fully saturated rings. The Morgan fingerprint density at radius 2 is 1.12 bits per heavy atom. The van der Waals surface area contributed by atoms with Gasteiger partial charge in [0.1, 0.15) is 29.3 Å². The molecular weight excluding hydrogens is 542 g/mol. The van der Waals surface area contributed by atoms with E-state index in [2.05, 4.69) is 16.0 Å². The van der Waals surface area contributed by atoms with Gasteiger partial charge in [0.15, 0.2) is 0 Å². The molecule has 0 aliphatic rings. The largest absolute Gasteiger partial charge is 0.460 e. The molecule has 7 N–H and O–H groups in total. The zero-order valence-corrected chi connectivity index (χ0v) is 25.7. The molecule has 0 spiro atoms. The molecule has 4 atom stereocenters. The van der Waals surface area contributed by atoms with Crippen molar-refractivity contribution in [3.8, 4) is 0 Å². The smallest absolute Gasteiger partial charge is 0.306 e. The first-order chi connectivity index (χ1) is 18.3. The van der Waals surface area contributed by atoms with Crippen molar-refractivity contribution in [3.63, 3.8) is 0 Å². The molecule has 0 saturated heterocycles. The molecule has 14 heteroatoms. The summed E-state index contributed by atoms with van der Waals surface area (Å²) < 4.78 is 10.6. The second-order valence-electron chi connectivity index (χ2n) is 11.4. The Bertz CT molecular complexity index is 901. The topological polar surface area (TPSA) is 209 Å². The Labute approximate surface area is 241 Å². The summed E-state index contributed by atoms with van der Waals surface area (Å²) in [5, 5.41) is 7.46. The van der Waals surface area contributed by atoms with E-state index >= 15 is 0 Å². The first kappa shape index (κ1) is 37.1. The van der Waals surface area contributed by atoms with Gasteiger partial charge in [-0.2, -0.15) is 11.8 Å². The van der Waals surface area contributed by atoms with Crippen LogP contribution in [0.25, 0.3) is 0 Å². The van der Waals surface area contributed by atoms with Gasteiger partial charge in [-0.15, -0.1) is 0 Å². The van der Waals surface area contributed by atoms with Crippen LogP contribution >= 0.6 is 11.8 Å². The highest BCUT2D eigenvalue weighted by molar-refractivity contribution is 7.98. The quantitative estimate of drug-likeness (QED) is 0.155. The van der Waals surface area contributed by atoms with E-state index < -0.39 is 70.9 Å².